The number of hydrogen-bond acceptors (Lipinski definition) is 4. The maximum absolute atomic E-state index is 7.06. The number of pyridine rings is 1. The molecule has 2 aromatic heterocycles. The lowest BCUT2D eigenvalue weighted by atomic mass is 9.72. The molecule has 0 amide bonds. The minimum Gasteiger partial charge on any atom is -0.469 e. The second-order valence-corrected chi connectivity index (χ2v) is 18.6. The van der Waals surface area contributed by atoms with Crippen LogP contribution in [-0.4, -0.2) is 26.6 Å². The molecule has 5 heteroatoms. The van der Waals surface area contributed by atoms with Crippen molar-refractivity contribution < 1.29 is 9.47 Å². The number of aliphatic imine (C=N–C) groups is 1. The normalized spacial score (nSPS) is 21.3. The SMILES string of the molecule is Cc1cc(C)c(-c2cc(Oc3cc4c(cc3C)c3cc(C(C)(C)C)cc5c3n4-c3nccc(C)c3C5(C)C)cc(C3=N[C@]4(C)CCC[C@]4(C)O3)c2)c(C)c1. The number of fused-ring (bicyclic) bond motifs is 6. The molecule has 5 nitrogen and oxygen atoms in total. The van der Waals surface area contributed by atoms with Crippen molar-refractivity contribution in [3.8, 4) is 28.4 Å². The van der Waals surface area contributed by atoms with E-state index in [1.165, 1.54) is 60.8 Å². The van der Waals surface area contributed by atoms with Gasteiger partial charge in [0.15, 0.2) is 0 Å². The average Bonchev–Trinajstić information content (AvgIpc) is 3.64. The highest BCUT2D eigenvalue weighted by Gasteiger charge is 2.55. The van der Waals surface area contributed by atoms with Crippen LogP contribution in [-0.2, 0) is 15.6 Å². The van der Waals surface area contributed by atoms with Crippen LogP contribution in [0.3, 0.4) is 0 Å². The Morgan fingerprint density at radius 3 is 2.19 bits per heavy atom. The van der Waals surface area contributed by atoms with E-state index >= 15 is 0 Å². The molecule has 0 radical (unpaired) electrons. The summed E-state index contributed by atoms with van der Waals surface area (Å²) in [4.78, 5) is 10.4. The zero-order chi connectivity index (χ0) is 38.3. The van der Waals surface area contributed by atoms with Gasteiger partial charge in [0, 0.05) is 39.6 Å². The molecule has 1 fully saturated rings. The molecule has 1 saturated carbocycles. The minimum atomic E-state index is -0.294. The molecule has 3 aliphatic rings. The molecule has 0 spiro atoms. The van der Waals surface area contributed by atoms with Crippen molar-refractivity contribution in [2.45, 2.75) is 124 Å². The first-order valence-electron chi connectivity index (χ1n) is 19.7. The molecule has 6 aromatic rings. The Hall–Kier alpha value is -4.90. The number of ether oxygens (including phenoxy) is 2. The molecule has 9 rings (SSSR count). The molecule has 54 heavy (non-hydrogen) atoms. The van der Waals surface area contributed by atoms with Crippen LogP contribution in [0, 0.1) is 34.6 Å². The standard InChI is InChI=1S/C49H53N3O2/c1-27-18-30(4)41(31(5)19-27)32-21-33(45-51-48(11)15-13-16-49(48,12)54-45)23-35(22-32)53-40-26-39-36(20-29(40)3)37-24-34(46(6,7)8)25-38-43(37)52(39)44-42(47(38,9)10)28(2)14-17-50-44/h14,17-26H,13,15-16H2,1-12H3/t48-,49+/m1/s1. The van der Waals surface area contributed by atoms with Crippen LogP contribution in [0.4, 0.5) is 0 Å². The van der Waals surface area contributed by atoms with Gasteiger partial charge < -0.3 is 9.47 Å². The van der Waals surface area contributed by atoms with E-state index in [9.17, 15) is 0 Å². The summed E-state index contributed by atoms with van der Waals surface area (Å²) in [5, 5.41) is 2.49. The van der Waals surface area contributed by atoms with Crippen LogP contribution in [0.15, 0.2) is 71.9 Å². The summed E-state index contributed by atoms with van der Waals surface area (Å²) in [6.45, 7) is 27.1. The van der Waals surface area contributed by atoms with E-state index in [4.69, 9.17) is 19.5 Å². The first-order chi connectivity index (χ1) is 25.4. The van der Waals surface area contributed by atoms with Crippen molar-refractivity contribution in [1.29, 1.82) is 0 Å². The van der Waals surface area contributed by atoms with E-state index in [0.717, 1.165) is 58.8 Å². The van der Waals surface area contributed by atoms with Crippen LogP contribution in [0.5, 0.6) is 11.5 Å². The van der Waals surface area contributed by atoms with Gasteiger partial charge >= 0.3 is 0 Å². The summed E-state index contributed by atoms with van der Waals surface area (Å²) >= 11 is 0. The molecule has 0 N–H and O–H groups in total. The van der Waals surface area contributed by atoms with Crippen LogP contribution < -0.4 is 4.74 Å². The Labute approximate surface area is 320 Å². The largest absolute Gasteiger partial charge is 0.469 e. The minimum absolute atomic E-state index is 0.00471. The molecule has 1 aliphatic carbocycles. The molecule has 4 aromatic carbocycles. The number of hydrogen-bond donors (Lipinski definition) is 0. The smallest absolute Gasteiger partial charge is 0.217 e. The van der Waals surface area contributed by atoms with Crippen LogP contribution in [0.25, 0.3) is 38.8 Å². The highest BCUT2D eigenvalue weighted by molar-refractivity contribution is 6.12. The van der Waals surface area contributed by atoms with E-state index in [1.807, 2.05) is 6.20 Å². The Morgan fingerprint density at radius 1 is 0.759 bits per heavy atom. The van der Waals surface area contributed by atoms with Gasteiger partial charge in [0.05, 0.1) is 11.0 Å². The van der Waals surface area contributed by atoms with E-state index in [-0.39, 0.29) is 22.0 Å². The molecule has 4 heterocycles. The first-order valence-corrected chi connectivity index (χ1v) is 19.7. The molecule has 2 aliphatic heterocycles. The van der Waals surface area contributed by atoms with Gasteiger partial charge in [0.2, 0.25) is 5.90 Å². The van der Waals surface area contributed by atoms with Crippen LogP contribution >= 0.6 is 0 Å². The van der Waals surface area contributed by atoms with Gasteiger partial charge in [-0.05, 0) is 154 Å². The van der Waals surface area contributed by atoms with E-state index in [0.29, 0.717) is 5.90 Å². The van der Waals surface area contributed by atoms with Gasteiger partial charge in [-0.3, -0.25) is 4.57 Å². The Kier molecular flexibility index (Phi) is 7.30. The van der Waals surface area contributed by atoms with E-state index in [1.54, 1.807) is 0 Å². The molecule has 2 atom stereocenters. The lowest BCUT2D eigenvalue weighted by Gasteiger charge is -2.36. The lowest BCUT2D eigenvalue weighted by Crippen LogP contribution is -2.41. The third-order valence-corrected chi connectivity index (χ3v) is 13.1. The third kappa shape index (κ3) is 4.96. The molecular formula is C49H53N3O2. The van der Waals surface area contributed by atoms with E-state index in [2.05, 4.69) is 148 Å². The number of aromatic nitrogens is 2. The van der Waals surface area contributed by atoms with Crippen LogP contribution in [0.1, 0.15) is 118 Å². The predicted molar refractivity (Wildman–Crippen MR) is 223 cm³/mol. The summed E-state index contributed by atoms with van der Waals surface area (Å²) in [6, 6.07) is 22.6. The monoisotopic (exact) mass is 715 g/mol. The summed E-state index contributed by atoms with van der Waals surface area (Å²) < 4.78 is 16.2. The Morgan fingerprint density at radius 2 is 1.48 bits per heavy atom. The van der Waals surface area contributed by atoms with Gasteiger partial charge in [0.25, 0.3) is 0 Å². The number of nitrogens with zero attached hydrogens (tertiary/aromatic N) is 3. The van der Waals surface area contributed by atoms with Crippen molar-refractivity contribution in [3.63, 3.8) is 0 Å². The predicted octanol–water partition coefficient (Wildman–Crippen LogP) is 12.6. The van der Waals surface area contributed by atoms with Gasteiger partial charge in [-0.25, -0.2) is 9.98 Å². The maximum Gasteiger partial charge on any atom is 0.217 e. The fourth-order valence-electron chi connectivity index (χ4n) is 10.0. The third-order valence-electron chi connectivity index (χ3n) is 13.1. The summed E-state index contributed by atoms with van der Waals surface area (Å²) in [6.07, 6.45) is 5.13. The topological polar surface area (TPSA) is 48.6 Å². The number of benzene rings is 4. The van der Waals surface area contributed by atoms with Crippen molar-refractivity contribution in [3.05, 3.63) is 117 Å². The Bertz CT molecular complexity index is 2610. The second-order valence-electron chi connectivity index (χ2n) is 18.6. The van der Waals surface area contributed by atoms with E-state index < -0.39 is 0 Å². The van der Waals surface area contributed by atoms with Crippen LogP contribution in [0.2, 0.25) is 0 Å². The number of rotatable bonds is 4. The maximum atomic E-state index is 7.06. The van der Waals surface area contributed by atoms with Crippen molar-refractivity contribution >= 4 is 27.7 Å². The molecule has 0 saturated heterocycles. The summed E-state index contributed by atoms with van der Waals surface area (Å²) in [5.41, 5.74) is 14.9. The highest BCUT2D eigenvalue weighted by Crippen LogP contribution is 2.52. The highest BCUT2D eigenvalue weighted by atomic mass is 16.5. The first kappa shape index (κ1) is 34.8. The zero-order valence-electron chi connectivity index (χ0n) is 34.1. The molecule has 0 unspecified atom stereocenters. The number of aryl methyl sites for hydroxylation is 5. The van der Waals surface area contributed by atoms with Gasteiger partial charge in [-0.2, -0.15) is 0 Å². The Balaban J connectivity index is 1.26. The summed E-state index contributed by atoms with van der Waals surface area (Å²) in [7, 11) is 0. The fraction of sp³-hybridized carbons (Fsp3) is 0.388. The van der Waals surface area contributed by atoms with Crippen molar-refractivity contribution in [1.82, 2.24) is 9.55 Å². The van der Waals surface area contributed by atoms with Gasteiger partial charge in [-0.15, -0.1) is 0 Å². The van der Waals surface area contributed by atoms with Gasteiger partial charge in [-0.1, -0.05) is 58.4 Å². The van der Waals surface area contributed by atoms with Crippen molar-refractivity contribution in [2.75, 3.05) is 0 Å². The fourth-order valence-corrected chi connectivity index (χ4v) is 10.0. The molecule has 276 valence electrons. The van der Waals surface area contributed by atoms with Gasteiger partial charge in [0.1, 0.15) is 28.5 Å². The summed E-state index contributed by atoms with van der Waals surface area (Å²) in [5.74, 6) is 3.31. The van der Waals surface area contributed by atoms with Crippen molar-refractivity contribution in [2.24, 2.45) is 4.99 Å². The average molecular weight is 716 g/mol. The molecule has 0 bridgehead atoms. The second kappa shape index (κ2) is 11.3. The zero-order valence-corrected chi connectivity index (χ0v) is 34.1. The lowest BCUT2D eigenvalue weighted by molar-refractivity contribution is 0.0580. The quantitative estimate of drug-likeness (QED) is 0.183. The molecular weight excluding hydrogens is 663 g/mol.